The van der Waals surface area contributed by atoms with Gasteiger partial charge in [0.1, 0.15) is 6.04 Å². The maximum absolute atomic E-state index is 12.2. The number of likely N-dealkylation sites (tertiary alicyclic amines) is 1. The molecule has 33 heavy (non-hydrogen) atoms. The van der Waals surface area contributed by atoms with Crippen LogP contribution in [0.15, 0.2) is 0 Å². The van der Waals surface area contributed by atoms with Crippen molar-refractivity contribution in [3.8, 4) is 0 Å². The van der Waals surface area contributed by atoms with E-state index in [0.717, 1.165) is 12.8 Å². The van der Waals surface area contributed by atoms with Crippen LogP contribution in [0.4, 0.5) is 0 Å². The largest absolute Gasteiger partial charge is 0.346 e. The van der Waals surface area contributed by atoms with Gasteiger partial charge in [0.2, 0.25) is 35.4 Å². The quantitative estimate of drug-likeness (QED) is 0.162. The van der Waals surface area contributed by atoms with Gasteiger partial charge in [-0.25, -0.2) is 0 Å². The number of amides is 6. The summed E-state index contributed by atoms with van der Waals surface area (Å²) in [5.41, 5.74) is 5.25. The van der Waals surface area contributed by atoms with Gasteiger partial charge in [0.05, 0.1) is 32.7 Å². The highest BCUT2D eigenvalue weighted by Gasteiger charge is 2.22. The monoisotopic (exact) mass is 469 g/mol. The molecule has 13 heteroatoms. The molecule has 6 amide bonds. The van der Waals surface area contributed by atoms with Crippen LogP contribution in [0.25, 0.3) is 0 Å². The van der Waals surface area contributed by atoms with E-state index in [4.69, 9.17) is 5.73 Å². The van der Waals surface area contributed by atoms with Crippen LogP contribution >= 0.6 is 0 Å². The van der Waals surface area contributed by atoms with Gasteiger partial charge >= 0.3 is 0 Å². The van der Waals surface area contributed by atoms with Crippen LogP contribution in [-0.2, 0) is 28.8 Å². The minimum atomic E-state index is -0.826. The van der Waals surface area contributed by atoms with E-state index in [-0.39, 0.29) is 31.5 Å². The molecule has 1 rings (SSSR count). The summed E-state index contributed by atoms with van der Waals surface area (Å²) in [7, 11) is 0. The molecule has 0 spiro atoms. The zero-order valence-corrected chi connectivity index (χ0v) is 19.2. The van der Waals surface area contributed by atoms with Crippen molar-refractivity contribution in [3.63, 3.8) is 0 Å². The minimum absolute atomic E-state index is 0.117. The Hall–Kier alpha value is -3.22. The maximum atomic E-state index is 12.2. The van der Waals surface area contributed by atoms with E-state index in [0.29, 0.717) is 19.5 Å². The Bertz CT molecular complexity index is 722. The van der Waals surface area contributed by atoms with E-state index in [9.17, 15) is 28.8 Å². The van der Waals surface area contributed by atoms with Gasteiger partial charge in [-0.2, -0.15) is 0 Å². The molecular formula is C20H35N7O6. The van der Waals surface area contributed by atoms with Crippen molar-refractivity contribution in [1.29, 1.82) is 0 Å². The second kappa shape index (κ2) is 14.8. The SMILES string of the molecule is CC(C)CC(NC(=O)CN)C(=O)NCC(=O)NCC(=O)NCC(=O)NCC(=O)N1CCCC1. The van der Waals surface area contributed by atoms with E-state index < -0.39 is 48.7 Å². The molecule has 1 aliphatic rings. The molecule has 0 aromatic carbocycles. The van der Waals surface area contributed by atoms with Crippen molar-refractivity contribution < 1.29 is 28.8 Å². The van der Waals surface area contributed by atoms with Gasteiger partial charge in [0, 0.05) is 13.1 Å². The molecule has 0 radical (unpaired) electrons. The molecule has 1 heterocycles. The first-order valence-corrected chi connectivity index (χ1v) is 11.0. The molecule has 1 atom stereocenters. The van der Waals surface area contributed by atoms with Crippen LogP contribution < -0.4 is 32.3 Å². The summed E-state index contributed by atoms with van der Waals surface area (Å²) in [5.74, 6) is -2.82. The third-order valence-electron chi connectivity index (χ3n) is 4.76. The van der Waals surface area contributed by atoms with Crippen LogP contribution in [0, 0.1) is 5.92 Å². The smallest absolute Gasteiger partial charge is 0.243 e. The lowest BCUT2D eigenvalue weighted by atomic mass is 10.0. The Balaban J connectivity index is 2.24. The predicted molar refractivity (Wildman–Crippen MR) is 118 cm³/mol. The second-order valence-corrected chi connectivity index (χ2v) is 8.09. The molecular weight excluding hydrogens is 434 g/mol. The fourth-order valence-electron chi connectivity index (χ4n) is 3.04. The van der Waals surface area contributed by atoms with Gasteiger partial charge < -0.3 is 37.2 Å². The van der Waals surface area contributed by atoms with Crippen LogP contribution in [0.5, 0.6) is 0 Å². The second-order valence-electron chi connectivity index (χ2n) is 8.09. The van der Waals surface area contributed by atoms with Crippen molar-refractivity contribution in [3.05, 3.63) is 0 Å². The van der Waals surface area contributed by atoms with Crippen molar-refractivity contribution in [2.45, 2.75) is 39.2 Å². The van der Waals surface area contributed by atoms with Crippen LogP contribution in [0.1, 0.15) is 33.1 Å². The van der Waals surface area contributed by atoms with Crippen LogP contribution in [0.3, 0.4) is 0 Å². The van der Waals surface area contributed by atoms with E-state index in [2.05, 4.69) is 26.6 Å². The standard InChI is InChI=1S/C20H35N7O6/c1-13(2)7-14(26-15(28)8-21)20(33)25-11-18(31)23-9-16(29)22-10-17(30)24-12-19(32)27-5-3-4-6-27/h13-14H,3-12,21H2,1-2H3,(H,22,29)(H,23,31)(H,24,30)(H,25,33)(H,26,28). The highest BCUT2D eigenvalue weighted by molar-refractivity contribution is 5.92. The summed E-state index contributed by atoms with van der Waals surface area (Å²) >= 11 is 0. The van der Waals surface area contributed by atoms with E-state index >= 15 is 0 Å². The molecule has 7 N–H and O–H groups in total. The molecule has 13 nitrogen and oxygen atoms in total. The Morgan fingerprint density at radius 2 is 1.24 bits per heavy atom. The van der Waals surface area contributed by atoms with Gasteiger partial charge in [0.25, 0.3) is 0 Å². The molecule has 0 aromatic heterocycles. The zero-order valence-electron chi connectivity index (χ0n) is 19.2. The third kappa shape index (κ3) is 11.8. The van der Waals surface area contributed by atoms with Crippen LogP contribution in [-0.4, -0.2) is 92.2 Å². The van der Waals surface area contributed by atoms with Gasteiger partial charge in [-0.3, -0.25) is 28.8 Å². The highest BCUT2D eigenvalue weighted by Crippen LogP contribution is 2.06. The van der Waals surface area contributed by atoms with Gasteiger partial charge in [0.15, 0.2) is 0 Å². The molecule has 0 saturated carbocycles. The average molecular weight is 470 g/mol. The van der Waals surface area contributed by atoms with Gasteiger partial charge in [-0.05, 0) is 25.2 Å². The first-order chi connectivity index (χ1) is 15.6. The number of nitrogens with zero attached hydrogens (tertiary/aromatic N) is 1. The van der Waals surface area contributed by atoms with Crippen LogP contribution in [0.2, 0.25) is 0 Å². The molecule has 1 aliphatic heterocycles. The summed E-state index contributed by atoms with van der Waals surface area (Å²) in [6.45, 7) is 3.62. The minimum Gasteiger partial charge on any atom is -0.346 e. The van der Waals surface area contributed by atoms with Crippen molar-refractivity contribution >= 4 is 35.4 Å². The van der Waals surface area contributed by atoms with Gasteiger partial charge in [-0.15, -0.1) is 0 Å². The first kappa shape index (κ1) is 27.8. The molecule has 0 aromatic rings. The predicted octanol–water partition coefficient (Wildman–Crippen LogP) is -3.44. The first-order valence-electron chi connectivity index (χ1n) is 11.0. The number of hydrogen-bond donors (Lipinski definition) is 6. The number of carbonyl (C=O) groups is 6. The maximum Gasteiger partial charge on any atom is 0.243 e. The molecule has 1 fully saturated rings. The normalized spacial score (nSPS) is 13.8. The lowest BCUT2D eigenvalue weighted by Crippen LogP contribution is -2.51. The summed E-state index contributed by atoms with van der Waals surface area (Å²) in [4.78, 5) is 72.7. The van der Waals surface area contributed by atoms with Crippen molar-refractivity contribution in [2.75, 3.05) is 45.8 Å². The molecule has 186 valence electrons. The Kier molecular flexibility index (Phi) is 12.4. The summed E-state index contributed by atoms with van der Waals surface area (Å²) < 4.78 is 0. The lowest BCUT2D eigenvalue weighted by Gasteiger charge is -2.19. The fourth-order valence-corrected chi connectivity index (χ4v) is 3.04. The number of nitrogens with two attached hydrogens (primary N) is 1. The zero-order chi connectivity index (χ0) is 24.8. The molecule has 0 bridgehead atoms. The molecule has 1 unspecified atom stereocenters. The highest BCUT2D eigenvalue weighted by atomic mass is 16.2. The molecule has 0 aliphatic carbocycles. The number of nitrogens with one attached hydrogen (secondary N) is 5. The van der Waals surface area contributed by atoms with Crippen molar-refractivity contribution in [1.82, 2.24) is 31.5 Å². The van der Waals surface area contributed by atoms with E-state index in [1.165, 1.54) is 0 Å². The van der Waals surface area contributed by atoms with E-state index in [1.54, 1.807) is 4.90 Å². The number of carbonyl (C=O) groups excluding carboxylic acids is 6. The van der Waals surface area contributed by atoms with Gasteiger partial charge in [-0.1, -0.05) is 13.8 Å². The topological polar surface area (TPSA) is 192 Å². The van der Waals surface area contributed by atoms with E-state index in [1.807, 2.05) is 13.8 Å². The summed E-state index contributed by atoms with van der Waals surface area (Å²) in [6.07, 6.45) is 2.27. The third-order valence-corrected chi connectivity index (χ3v) is 4.76. The summed E-state index contributed by atoms with van der Waals surface area (Å²) in [6, 6.07) is -0.826. The lowest BCUT2D eigenvalue weighted by molar-refractivity contribution is -0.132. The average Bonchev–Trinajstić information content (AvgIpc) is 3.32. The fraction of sp³-hybridized carbons (Fsp3) is 0.700. The summed E-state index contributed by atoms with van der Waals surface area (Å²) in [5, 5.41) is 12.0. The Labute approximate surface area is 192 Å². The Morgan fingerprint density at radius 1 is 0.758 bits per heavy atom. The molecule has 1 saturated heterocycles. The Morgan fingerprint density at radius 3 is 1.73 bits per heavy atom. The number of hydrogen-bond acceptors (Lipinski definition) is 7. The number of rotatable bonds is 13. The van der Waals surface area contributed by atoms with Crippen molar-refractivity contribution in [2.24, 2.45) is 11.7 Å².